The molecular weight excluding hydrogens is 390 g/mol. The van der Waals surface area contributed by atoms with Crippen LogP contribution in [-0.2, 0) is 4.79 Å². The number of ether oxygens (including phenoxy) is 1. The topological polar surface area (TPSA) is 38.3 Å². The van der Waals surface area contributed by atoms with Gasteiger partial charge in [0.15, 0.2) is 0 Å². The van der Waals surface area contributed by atoms with E-state index in [4.69, 9.17) is 16.3 Å². The average molecular weight is 412 g/mol. The predicted octanol–water partition coefficient (Wildman–Crippen LogP) is 5.36. The highest BCUT2D eigenvalue weighted by Gasteiger charge is 2.16. The molecular formula is C23H22ClNO2S. The summed E-state index contributed by atoms with van der Waals surface area (Å²) in [4.78, 5) is 12.3. The fraction of sp³-hybridized carbons (Fsp3) is 0.174. The number of rotatable bonds is 9. The highest BCUT2D eigenvalue weighted by Crippen LogP contribution is 2.35. The Morgan fingerprint density at radius 2 is 1.46 bits per heavy atom. The van der Waals surface area contributed by atoms with Crippen molar-refractivity contribution >= 4 is 29.3 Å². The summed E-state index contributed by atoms with van der Waals surface area (Å²) in [5.41, 5.74) is 2.38. The Balaban J connectivity index is 1.48. The minimum atomic E-state index is 0.00145. The molecule has 3 aromatic carbocycles. The zero-order chi connectivity index (χ0) is 19.6. The van der Waals surface area contributed by atoms with E-state index in [0.29, 0.717) is 23.9 Å². The minimum Gasteiger partial charge on any atom is -0.492 e. The Morgan fingerprint density at radius 1 is 0.893 bits per heavy atom. The Bertz CT molecular complexity index is 817. The van der Waals surface area contributed by atoms with Gasteiger partial charge in [-0.05, 0) is 35.4 Å². The van der Waals surface area contributed by atoms with Crippen LogP contribution in [0, 0.1) is 0 Å². The third-order valence-corrected chi connectivity index (χ3v) is 5.65. The van der Waals surface area contributed by atoms with Crippen molar-refractivity contribution in [3.05, 3.63) is 101 Å². The van der Waals surface area contributed by atoms with Gasteiger partial charge in [0, 0.05) is 5.02 Å². The van der Waals surface area contributed by atoms with Crippen molar-refractivity contribution < 1.29 is 9.53 Å². The van der Waals surface area contributed by atoms with Gasteiger partial charge in [0.25, 0.3) is 0 Å². The van der Waals surface area contributed by atoms with Gasteiger partial charge in [-0.3, -0.25) is 4.79 Å². The van der Waals surface area contributed by atoms with E-state index in [0.717, 1.165) is 5.75 Å². The molecule has 3 rings (SSSR count). The van der Waals surface area contributed by atoms with Crippen LogP contribution in [0.5, 0.6) is 5.75 Å². The lowest BCUT2D eigenvalue weighted by atomic mass is 10.0. The SMILES string of the molecule is O=C(CSC(c1ccccc1)c1ccccc1)NCCOc1ccc(Cl)cc1. The maximum Gasteiger partial charge on any atom is 0.230 e. The van der Waals surface area contributed by atoms with Crippen molar-refractivity contribution in [2.75, 3.05) is 18.9 Å². The van der Waals surface area contributed by atoms with Crippen molar-refractivity contribution in [2.24, 2.45) is 0 Å². The molecule has 3 nitrogen and oxygen atoms in total. The van der Waals surface area contributed by atoms with E-state index in [2.05, 4.69) is 29.6 Å². The van der Waals surface area contributed by atoms with Gasteiger partial charge in [0.05, 0.1) is 17.5 Å². The molecule has 0 radical (unpaired) electrons. The van der Waals surface area contributed by atoms with E-state index in [1.54, 1.807) is 23.9 Å². The van der Waals surface area contributed by atoms with Crippen LogP contribution in [0.15, 0.2) is 84.9 Å². The van der Waals surface area contributed by atoms with Crippen LogP contribution in [0.1, 0.15) is 16.4 Å². The number of carbonyl (C=O) groups excluding carboxylic acids is 1. The normalized spacial score (nSPS) is 10.6. The second-order valence-corrected chi connectivity index (χ2v) is 7.69. The molecule has 0 saturated carbocycles. The molecule has 0 fully saturated rings. The highest BCUT2D eigenvalue weighted by molar-refractivity contribution is 8.00. The van der Waals surface area contributed by atoms with Gasteiger partial charge in [-0.25, -0.2) is 0 Å². The van der Waals surface area contributed by atoms with Crippen LogP contribution >= 0.6 is 23.4 Å². The van der Waals surface area contributed by atoms with E-state index >= 15 is 0 Å². The van der Waals surface area contributed by atoms with Gasteiger partial charge in [-0.1, -0.05) is 72.3 Å². The molecule has 1 amide bonds. The van der Waals surface area contributed by atoms with E-state index in [1.807, 2.05) is 48.5 Å². The molecule has 0 spiro atoms. The first-order valence-electron chi connectivity index (χ1n) is 9.09. The molecule has 0 unspecified atom stereocenters. The van der Waals surface area contributed by atoms with Gasteiger partial charge >= 0.3 is 0 Å². The number of nitrogens with one attached hydrogen (secondary N) is 1. The molecule has 0 atom stereocenters. The number of benzene rings is 3. The molecule has 0 aromatic heterocycles. The first kappa shape index (κ1) is 20.3. The molecule has 0 bridgehead atoms. The number of carbonyl (C=O) groups is 1. The summed E-state index contributed by atoms with van der Waals surface area (Å²) < 4.78 is 5.60. The van der Waals surface area contributed by atoms with E-state index in [1.165, 1.54) is 11.1 Å². The van der Waals surface area contributed by atoms with Gasteiger partial charge in [0.2, 0.25) is 5.91 Å². The number of halogens is 1. The maximum atomic E-state index is 12.3. The number of thioether (sulfide) groups is 1. The van der Waals surface area contributed by atoms with E-state index < -0.39 is 0 Å². The lowest BCUT2D eigenvalue weighted by Gasteiger charge is -2.17. The molecule has 0 aliphatic carbocycles. The van der Waals surface area contributed by atoms with Crippen LogP contribution in [0.25, 0.3) is 0 Å². The third-order valence-electron chi connectivity index (χ3n) is 4.09. The summed E-state index contributed by atoms with van der Waals surface area (Å²) in [6, 6.07) is 27.7. The number of hydrogen-bond acceptors (Lipinski definition) is 3. The van der Waals surface area contributed by atoms with E-state index in [9.17, 15) is 4.79 Å². The number of hydrogen-bond donors (Lipinski definition) is 1. The summed E-state index contributed by atoms with van der Waals surface area (Å²) in [5, 5.41) is 3.71. The summed E-state index contributed by atoms with van der Waals surface area (Å²) in [6.07, 6.45) is 0. The van der Waals surface area contributed by atoms with Crippen molar-refractivity contribution in [1.29, 1.82) is 0 Å². The van der Waals surface area contributed by atoms with Crippen molar-refractivity contribution in [3.8, 4) is 5.75 Å². The minimum absolute atomic E-state index is 0.00145. The Kier molecular flexibility index (Phi) is 7.82. The molecule has 0 saturated heterocycles. The first-order valence-corrected chi connectivity index (χ1v) is 10.5. The number of amides is 1. The van der Waals surface area contributed by atoms with Crippen molar-refractivity contribution in [1.82, 2.24) is 5.32 Å². The Morgan fingerprint density at radius 3 is 2.04 bits per heavy atom. The Hall–Kier alpha value is -2.43. The standard InChI is InChI=1S/C23H22ClNO2S/c24-20-11-13-21(14-12-20)27-16-15-25-22(26)17-28-23(18-7-3-1-4-8-18)19-9-5-2-6-10-19/h1-14,23H,15-17H2,(H,25,26). The highest BCUT2D eigenvalue weighted by atomic mass is 35.5. The zero-order valence-electron chi connectivity index (χ0n) is 15.4. The fourth-order valence-electron chi connectivity index (χ4n) is 2.74. The van der Waals surface area contributed by atoms with Crippen LogP contribution in [0.4, 0.5) is 0 Å². The van der Waals surface area contributed by atoms with Gasteiger partial charge in [0.1, 0.15) is 12.4 Å². The Labute approximate surface area is 175 Å². The smallest absolute Gasteiger partial charge is 0.230 e. The second kappa shape index (κ2) is 10.8. The maximum absolute atomic E-state index is 12.3. The molecule has 0 aliphatic heterocycles. The lowest BCUT2D eigenvalue weighted by molar-refractivity contribution is -0.118. The quantitative estimate of drug-likeness (QED) is 0.482. The van der Waals surface area contributed by atoms with Crippen LogP contribution in [-0.4, -0.2) is 24.8 Å². The van der Waals surface area contributed by atoms with Crippen molar-refractivity contribution in [3.63, 3.8) is 0 Å². The zero-order valence-corrected chi connectivity index (χ0v) is 17.0. The average Bonchev–Trinajstić information content (AvgIpc) is 2.74. The van der Waals surface area contributed by atoms with Crippen LogP contribution < -0.4 is 10.1 Å². The fourth-order valence-corrected chi connectivity index (χ4v) is 3.99. The third kappa shape index (κ3) is 6.32. The summed E-state index contributed by atoms with van der Waals surface area (Å²) >= 11 is 7.47. The summed E-state index contributed by atoms with van der Waals surface area (Å²) in [6.45, 7) is 0.877. The first-order chi connectivity index (χ1) is 13.7. The van der Waals surface area contributed by atoms with Crippen molar-refractivity contribution in [2.45, 2.75) is 5.25 Å². The molecule has 28 heavy (non-hydrogen) atoms. The summed E-state index contributed by atoms with van der Waals surface area (Å²) in [5.74, 6) is 1.12. The van der Waals surface area contributed by atoms with Crippen LogP contribution in [0.2, 0.25) is 5.02 Å². The molecule has 5 heteroatoms. The lowest BCUT2D eigenvalue weighted by Crippen LogP contribution is -2.29. The predicted molar refractivity (Wildman–Crippen MR) is 117 cm³/mol. The van der Waals surface area contributed by atoms with E-state index in [-0.39, 0.29) is 11.2 Å². The summed E-state index contributed by atoms with van der Waals surface area (Å²) in [7, 11) is 0. The van der Waals surface area contributed by atoms with Crippen LogP contribution in [0.3, 0.4) is 0 Å². The molecule has 3 aromatic rings. The second-order valence-electron chi connectivity index (χ2n) is 6.16. The van der Waals surface area contributed by atoms with Gasteiger partial charge in [-0.15, -0.1) is 11.8 Å². The monoisotopic (exact) mass is 411 g/mol. The molecule has 0 heterocycles. The van der Waals surface area contributed by atoms with Gasteiger partial charge < -0.3 is 10.1 Å². The molecule has 144 valence electrons. The molecule has 0 aliphatic rings. The molecule has 1 N–H and O–H groups in total. The largest absolute Gasteiger partial charge is 0.492 e. The van der Waals surface area contributed by atoms with Gasteiger partial charge in [-0.2, -0.15) is 0 Å².